The van der Waals surface area contributed by atoms with E-state index in [1.165, 1.54) is 6.42 Å². The second-order valence-electron chi connectivity index (χ2n) is 3.30. The van der Waals surface area contributed by atoms with E-state index in [-0.39, 0.29) is 6.04 Å². The molecule has 1 aliphatic rings. The molecule has 1 saturated heterocycles. The van der Waals surface area contributed by atoms with Gasteiger partial charge < -0.3 is 0 Å². The van der Waals surface area contributed by atoms with Crippen LogP contribution >= 0.6 is 0 Å². The summed E-state index contributed by atoms with van der Waals surface area (Å²) in [6.07, 6.45) is 1.17. The SMILES string of the molecule is CC(=O)[C@@H]1[C@@H](C)CCN1C. The molecule has 0 amide bonds. The maximum atomic E-state index is 11.0. The summed E-state index contributed by atoms with van der Waals surface area (Å²) in [6.45, 7) is 4.91. The average Bonchev–Trinajstić information content (AvgIpc) is 2.11. The Bertz CT molecular complexity index is 134. The first kappa shape index (κ1) is 7.73. The van der Waals surface area contributed by atoms with E-state index < -0.39 is 0 Å². The van der Waals surface area contributed by atoms with Crippen molar-refractivity contribution in [3.8, 4) is 0 Å². The molecule has 0 saturated carbocycles. The van der Waals surface area contributed by atoms with Gasteiger partial charge in [0.1, 0.15) is 5.78 Å². The lowest BCUT2D eigenvalue weighted by Gasteiger charge is -2.18. The maximum Gasteiger partial charge on any atom is 0.147 e. The van der Waals surface area contributed by atoms with Crippen molar-refractivity contribution in [2.45, 2.75) is 26.3 Å². The van der Waals surface area contributed by atoms with E-state index in [2.05, 4.69) is 11.8 Å². The average molecular weight is 141 g/mol. The second kappa shape index (κ2) is 2.70. The molecule has 0 unspecified atom stereocenters. The lowest BCUT2D eigenvalue weighted by Crippen LogP contribution is -2.34. The predicted molar refractivity (Wildman–Crippen MR) is 40.9 cm³/mol. The van der Waals surface area contributed by atoms with Crippen molar-refractivity contribution in [3.63, 3.8) is 0 Å². The maximum absolute atomic E-state index is 11.0. The van der Waals surface area contributed by atoms with Crippen LogP contribution in [0.25, 0.3) is 0 Å². The molecule has 0 N–H and O–H groups in total. The topological polar surface area (TPSA) is 20.3 Å². The fourth-order valence-electron chi connectivity index (χ4n) is 1.85. The number of likely N-dealkylation sites (tertiary alicyclic amines) is 1. The van der Waals surface area contributed by atoms with Gasteiger partial charge in [0, 0.05) is 0 Å². The van der Waals surface area contributed by atoms with Crippen molar-refractivity contribution in [1.82, 2.24) is 4.90 Å². The van der Waals surface area contributed by atoms with E-state index in [0.717, 1.165) is 6.54 Å². The molecular formula is C8H15NO. The van der Waals surface area contributed by atoms with Crippen LogP contribution in [0.1, 0.15) is 20.3 Å². The van der Waals surface area contributed by atoms with Gasteiger partial charge in [0.15, 0.2) is 0 Å². The van der Waals surface area contributed by atoms with Gasteiger partial charge in [-0.05, 0) is 32.9 Å². The van der Waals surface area contributed by atoms with E-state index in [9.17, 15) is 4.79 Å². The van der Waals surface area contributed by atoms with Gasteiger partial charge in [-0.1, -0.05) is 6.92 Å². The van der Waals surface area contributed by atoms with E-state index in [4.69, 9.17) is 0 Å². The van der Waals surface area contributed by atoms with Gasteiger partial charge in [-0.3, -0.25) is 9.69 Å². The molecule has 10 heavy (non-hydrogen) atoms. The van der Waals surface area contributed by atoms with Gasteiger partial charge >= 0.3 is 0 Å². The van der Waals surface area contributed by atoms with E-state index >= 15 is 0 Å². The third kappa shape index (κ3) is 1.21. The van der Waals surface area contributed by atoms with Gasteiger partial charge in [0.25, 0.3) is 0 Å². The number of carbonyl (C=O) groups excluding carboxylic acids is 1. The smallest absolute Gasteiger partial charge is 0.147 e. The Hall–Kier alpha value is -0.370. The first-order valence-corrected chi connectivity index (χ1v) is 3.83. The number of hydrogen-bond donors (Lipinski definition) is 0. The van der Waals surface area contributed by atoms with Crippen LogP contribution in [0.2, 0.25) is 0 Å². The van der Waals surface area contributed by atoms with Crippen molar-refractivity contribution in [3.05, 3.63) is 0 Å². The zero-order chi connectivity index (χ0) is 7.72. The van der Waals surface area contributed by atoms with Crippen molar-refractivity contribution >= 4 is 5.78 Å². The molecule has 2 heteroatoms. The van der Waals surface area contributed by atoms with Gasteiger partial charge in [-0.25, -0.2) is 0 Å². The minimum Gasteiger partial charge on any atom is -0.298 e. The fraction of sp³-hybridized carbons (Fsp3) is 0.875. The Labute approximate surface area is 62.2 Å². The Kier molecular flexibility index (Phi) is 2.09. The largest absolute Gasteiger partial charge is 0.298 e. The lowest BCUT2D eigenvalue weighted by molar-refractivity contribution is -0.121. The number of likely N-dealkylation sites (N-methyl/N-ethyl adjacent to an activating group) is 1. The summed E-state index contributed by atoms with van der Waals surface area (Å²) in [4.78, 5) is 13.2. The summed E-state index contributed by atoms with van der Waals surface area (Å²) in [6, 6.07) is 0.194. The number of Topliss-reactive ketones (excluding diaryl/α,β-unsaturated/α-hetero) is 1. The summed E-state index contributed by atoms with van der Waals surface area (Å²) < 4.78 is 0. The van der Waals surface area contributed by atoms with Crippen molar-refractivity contribution in [2.24, 2.45) is 5.92 Å². The predicted octanol–water partition coefficient (Wildman–Crippen LogP) is 0.916. The van der Waals surface area contributed by atoms with Crippen LogP contribution in [0.4, 0.5) is 0 Å². The molecular weight excluding hydrogens is 126 g/mol. The molecule has 0 spiro atoms. The standard InChI is InChI=1S/C8H15NO/c1-6-4-5-9(3)8(6)7(2)10/h6,8H,4-5H2,1-3H3/t6-,8-/m0/s1. The fourth-order valence-corrected chi connectivity index (χ4v) is 1.85. The van der Waals surface area contributed by atoms with Crippen LogP contribution in [0.15, 0.2) is 0 Å². The summed E-state index contributed by atoms with van der Waals surface area (Å²) in [7, 11) is 2.02. The summed E-state index contributed by atoms with van der Waals surface area (Å²) in [5, 5.41) is 0. The highest BCUT2D eigenvalue weighted by Gasteiger charge is 2.31. The lowest BCUT2D eigenvalue weighted by atomic mass is 10.0. The Morgan fingerprint density at radius 2 is 2.20 bits per heavy atom. The zero-order valence-electron chi connectivity index (χ0n) is 6.92. The second-order valence-corrected chi connectivity index (χ2v) is 3.30. The molecule has 2 atom stereocenters. The normalized spacial score (nSPS) is 34.7. The van der Waals surface area contributed by atoms with Gasteiger partial charge in [-0.15, -0.1) is 0 Å². The summed E-state index contributed by atoms with van der Waals surface area (Å²) >= 11 is 0. The third-order valence-corrected chi connectivity index (χ3v) is 2.37. The zero-order valence-corrected chi connectivity index (χ0v) is 6.92. The molecule has 0 aromatic carbocycles. The molecule has 1 heterocycles. The molecule has 0 bridgehead atoms. The van der Waals surface area contributed by atoms with Crippen molar-refractivity contribution < 1.29 is 4.79 Å². The number of rotatable bonds is 1. The molecule has 0 aliphatic carbocycles. The Balaban J connectivity index is 2.63. The first-order valence-electron chi connectivity index (χ1n) is 3.83. The monoisotopic (exact) mass is 141 g/mol. The van der Waals surface area contributed by atoms with Crippen LogP contribution < -0.4 is 0 Å². The van der Waals surface area contributed by atoms with Crippen LogP contribution in [0, 0.1) is 5.92 Å². The van der Waals surface area contributed by atoms with Crippen molar-refractivity contribution in [1.29, 1.82) is 0 Å². The minimum absolute atomic E-state index is 0.194. The Morgan fingerprint density at radius 1 is 1.60 bits per heavy atom. The van der Waals surface area contributed by atoms with Gasteiger partial charge in [0.2, 0.25) is 0 Å². The molecule has 0 aromatic heterocycles. The number of nitrogens with zero attached hydrogens (tertiary/aromatic N) is 1. The summed E-state index contributed by atoms with van der Waals surface area (Å²) in [5.41, 5.74) is 0. The van der Waals surface area contributed by atoms with Crippen LogP contribution in [0.5, 0.6) is 0 Å². The number of hydrogen-bond acceptors (Lipinski definition) is 2. The highest BCUT2D eigenvalue weighted by Crippen LogP contribution is 2.22. The van der Waals surface area contributed by atoms with Crippen molar-refractivity contribution in [2.75, 3.05) is 13.6 Å². The quantitative estimate of drug-likeness (QED) is 0.541. The minimum atomic E-state index is 0.194. The molecule has 1 aliphatic heterocycles. The molecule has 0 radical (unpaired) electrons. The molecule has 2 nitrogen and oxygen atoms in total. The molecule has 58 valence electrons. The van der Waals surface area contributed by atoms with E-state index in [1.807, 2.05) is 7.05 Å². The summed E-state index contributed by atoms with van der Waals surface area (Å²) in [5.74, 6) is 0.870. The first-order chi connectivity index (χ1) is 4.63. The molecule has 0 aromatic rings. The van der Waals surface area contributed by atoms with Crippen LogP contribution in [-0.2, 0) is 4.79 Å². The highest BCUT2D eigenvalue weighted by molar-refractivity contribution is 5.82. The highest BCUT2D eigenvalue weighted by atomic mass is 16.1. The number of ketones is 1. The van der Waals surface area contributed by atoms with Gasteiger partial charge in [-0.2, -0.15) is 0 Å². The van der Waals surface area contributed by atoms with E-state index in [1.54, 1.807) is 6.92 Å². The third-order valence-electron chi connectivity index (χ3n) is 2.37. The van der Waals surface area contributed by atoms with Gasteiger partial charge in [0.05, 0.1) is 6.04 Å². The molecule has 1 fully saturated rings. The number of carbonyl (C=O) groups is 1. The molecule has 1 rings (SSSR count). The van der Waals surface area contributed by atoms with E-state index in [0.29, 0.717) is 11.7 Å². The Morgan fingerprint density at radius 3 is 2.40 bits per heavy atom. The van der Waals surface area contributed by atoms with Crippen LogP contribution in [-0.4, -0.2) is 30.3 Å². The van der Waals surface area contributed by atoms with Crippen LogP contribution in [0.3, 0.4) is 0 Å².